The predicted octanol–water partition coefficient (Wildman–Crippen LogP) is 1.64. The standard InChI is InChI=1S/C13H19FN2O/c1-17-9-6-13-10-15-7-8-16(13)12-4-2-11(14)3-5-12/h2-5,13,15H,6-10H2,1H3. The molecule has 0 aliphatic carbocycles. The summed E-state index contributed by atoms with van der Waals surface area (Å²) in [6.07, 6.45) is 0.987. The second-order valence-corrected chi connectivity index (χ2v) is 4.31. The molecule has 0 saturated carbocycles. The molecule has 1 heterocycles. The average Bonchev–Trinajstić information content (AvgIpc) is 2.38. The molecule has 0 aromatic heterocycles. The monoisotopic (exact) mass is 238 g/mol. The van der Waals surface area contributed by atoms with Crippen molar-refractivity contribution < 1.29 is 9.13 Å². The highest BCUT2D eigenvalue weighted by Crippen LogP contribution is 2.20. The third-order valence-electron chi connectivity index (χ3n) is 3.16. The number of nitrogens with zero attached hydrogens (tertiary/aromatic N) is 1. The van der Waals surface area contributed by atoms with Crippen LogP contribution in [0.1, 0.15) is 6.42 Å². The molecule has 0 bridgehead atoms. The van der Waals surface area contributed by atoms with Gasteiger partial charge in [-0.2, -0.15) is 0 Å². The average molecular weight is 238 g/mol. The first-order valence-corrected chi connectivity index (χ1v) is 6.03. The second-order valence-electron chi connectivity index (χ2n) is 4.31. The van der Waals surface area contributed by atoms with Gasteiger partial charge < -0.3 is 15.0 Å². The molecule has 1 aliphatic rings. The lowest BCUT2D eigenvalue weighted by Gasteiger charge is -2.38. The van der Waals surface area contributed by atoms with Gasteiger partial charge in [-0.3, -0.25) is 0 Å². The molecule has 1 N–H and O–H groups in total. The molecule has 1 fully saturated rings. The lowest BCUT2D eigenvalue weighted by molar-refractivity contribution is 0.184. The lowest BCUT2D eigenvalue weighted by atomic mass is 10.1. The Kier molecular flexibility index (Phi) is 4.34. The maximum absolute atomic E-state index is 12.9. The van der Waals surface area contributed by atoms with E-state index < -0.39 is 0 Å². The summed E-state index contributed by atoms with van der Waals surface area (Å²) in [4.78, 5) is 2.33. The van der Waals surface area contributed by atoms with Gasteiger partial charge in [0.2, 0.25) is 0 Å². The zero-order chi connectivity index (χ0) is 12.1. The lowest BCUT2D eigenvalue weighted by Crippen LogP contribution is -2.51. The van der Waals surface area contributed by atoms with E-state index in [9.17, 15) is 4.39 Å². The van der Waals surface area contributed by atoms with E-state index in [4.69, 9.17) is 4.74 Å². The Morgan fingerprint density at radius 1 is 1.41 bits per heavy atom. The van der Waals surface area contributed by atoms with Gasteiger partial charge >= 0.3 is 0 Å². The van der Waals surface area contributed by atoms with Gasteiger partial charge in [-0.25, -0.2) is 4.39 Å². The molecule has 3 nitrogen and oxygen atoms in total. The van der Waals surface area contributed by atoms with E-state index in [-0.39, 0.29) is 5.82 Å². The number of ether oxygens (including phenoxy) is 1. The van der Waals surface area contributed by atoms with Crippen LogP contribution in [-0.2, 0) is 4.74 Å². The Morgan fingerprint density at radius 2 is 2.18 bits per heavy atom. The maximum atomic E-state index is 12.9. The van der Waals surface area contributed by atoms with Crippen LogP contribution in [0.15, 0.2) is 24.3 Å². The summed E-state index contributed by atoms with van der Waals surface area (Å²) in [6.45, 7) is 3.64. The molecule has 1 aromatic rings. The van der Waals surface area contributed by atoms with Gasteiger partial charge in [0.15, 0.2) is 0 Å². The Morgan fingerprint density at radius 3 is 2.88 bits per heavy atom. The first-order chi connectivity index (χ1) is 8.31. The van der Waals surface area contributed by atoms with Crippen LogP contribution in [0.5, 0.6) is 0 Å². The van der Waals surface area contributed by atoms with Crippen molar-refractivity contribution in [3.63, 3.8) is 0 Å². The van der Waals surface area contributed by atoms with Crippen molar-refractivity contribution in [1.29, 1.82) is 0 Å². The smallest absolute Gasteiger partial charge is 0.123 e. The summed E-state index contributed by atoms with van der Waals surface area (Å²) >= 11 is 0. The quantitative estimate of drug-likeness (QED) is 0.863. The number of nitrogens with one attached hydrogen (secondary N) is 1. The summed E-state index contributed by atoms with van der Waals surface area (Å²) in [5.41, 5.74) is 1.09. The van der Waals surface area contributed by atoms with Gasteiger partial charge in [0.25, 0.3) is 0 Å². The predicted molar refractivity (Wildman–Crippen MR) is 66.9 cm³/mol. The number of rotatable bonds is 4. The molecule has 94 valence electrons. The number of halogens is 1. The van der Waals surface area contributed by atoms with Crippen molar-refractivity contribution in [1.82, 2.24) is 5.32 Å². The summed E-state index contributed by atoms with van der Waals surface area (Å²) in [5, 5.41) is 3.38. The van der Waals surface area contributed by atoms with Crippen molar-refractivity contribution in [2.45, 2.75) is 12.5 Å². The maximum Gasteiger partial charge on any atom is 0.123 e. The Bertz CT molecular complexity index is 342. The topological polar surface area (TPSA) is 24.5 Å². The zero-order valence-corrected chi connectivity index (χ0v) is 10.2. The molecular formula is C13H19FN2O. The minimum Gasteiger partial charge on any atom is -0.385 e. The minimum absolute atomic E-state index is 0.183. The van der Waals surface area contributed by atoms with E-state index >= 15 is 0 Å². The first-order valence-electron chi connectivity index (χ1n) is 6.03. The van der Waals surface area contributed by atoms with E-state index in [0.717, 1.165) is 38.3 Å². The summed E-state index contributed by atoms with van der Waals surface area (Å²) in [6, 6.07) is 7.16. The molecule has 1 aromatic carbocycles. The molecule has 17 heavy (non-hydrogen) atoms. The molecule has 1 atom stereocenters. The van der Waals surface area contributed by atoms with Crippen LogP contribution < -0.4 is 10.2 Å². The normalized spacial score (nSPS) is 20.6. The van der Waals surface area contributed by atoms with Gasteiger partial charge in [0.1, 0.15) is 5.82 Å². The van der Waals surface area contributed by atoms with E-state index in [0.29, 0.717) is 6.04 Å². The molecule has 1 unspecified atom stereocenters. The molecular weight excluding hydrogens is 219 g/mol. The van der Waals surface area contributed by atoms with Crippen LogP contribution in [-0.4, -0.2) is 39.4 Å². The number of anilines is 1. The Balaban J connectivity index is 2.07. The van der Waals surface area contributed by atoms with Crippen LogP contribution in [0, 0.1) is 5.82 Å². The third-order valence-corrected chi connectivity index (χ3v) is 3.16. The van der Waals surface area contributed by atoms with Crippen molar-refractivity contribution in [3.05, 3.63) is 30.1 Å². The molecule has 1 saturated heterocycles. The van der Waals surface area contributed by atoms with Crippen molar-refractivity contribution >= 4 is 5.69 Å². The third kappa shape index (κ3) is 3.17. The Labute approximate surface area is 102 Å². The summed E-state index contributed by atoms with van der Waals surface area (Å²) in [5.74, 6) is -0.183. The molecule has 0 spiro atoms. The van der Waals surface area contributed by atoms with Crippen LogP contribution in [0.25, 0.3) is 0 Å². The summed E-state index contributed by atoms with van der Waals surface area (Å²) < 4.78 is 18.0. The van der Waals surface area contributed by atoms with E-state index in [1.54, 1.807) is 7.11 Å². The van der Waals surface area contributed by atoms with Gasteiger partial charge in [-0.15, -0.1) is 0 Å². The van der Waals surface area contributed by atoms with Crippen molar-refractivity contribution in [2.75, 3.05) is 38.3 Å². The molecule has 1 aliphatic heterocycles. The van der Waals surface area contributed by atoms with Crippen molar-refractivity contribution in [3.8, 4) is 0 Å². The van der Waals surface area contributed by atoms with Crippen LogP contribution in [0.3, 0.4) is 0 Å². The van der Waals surface area contributed by atoms with Gasteiger partial charge in [0, 0.05) is 45.1 Å². The number of piperazine rings is 1. The summed E-state index contributed by atoms with van der Waals surface area (Å²) in [7, 11) is 1.72. The van der Waals surface area contributed by atoms with Crippen molar-refractivity contribution in [2.24, 2.45) is 0 Å². The number of hydrogen-bond acceptors (Lipinski definition) is 3. The number of benzene rings is 1. The van der Waals surface area contributed by atoms with E-state index in [1.807, 2.05) is 12.1 Å². The fraction of sp³-hybridized carbons (Fsp3) is 0.538. The highest BCUT2D eigenvalue weighted by Gasteiger charge is 2.21. The van der Waals surface area contributed by atoms with E-state index in [1.165, 1.54) is 12.1 Å². The second kappa shape index (κ2) is 5.98. The molecule has 0 radical (unpaired) electrons. The molecule has 0 amide bonds. The fourth-order valence-electron chi connectivity index (χ4n) is 2.25. The highest BCUT2D eigenvalue weighted by molar-refractivity contribution is 5.48. The van der Waals surface area contributed by atoms with E-state index in [2.05, 4.69) is 10.2 Å². The van der Waals surface area contributed by atoms with Gasteiger partial charge in [-0.1, -0.05) is 0 Å². The first kappa shape index (κ1) is 12.3. The zero-order valence-electron chi connectivity index (χ0n) is 10.2. The van der Waals surface area contributed by atoms with Gasteiger partial charge in [-0.05, 0) is 30.7 Å². The SMILES string of the molecule is COCCC1CNCCN1c1ccc(F)cc1. The largest absolute Gasteiger partial charge is 0.385 e. The number of hydrogen-bond donors (Lipinski definition) is 1. The Hall–Kier alpha value is -1.13. The number of methoxy groups -OCH3 is 1. The molecule has 4 heteroatoms. The van der Waals surface area contributed by atoms with Crippen LogP contribution in [0.4, 0.5) is 10.1 Å². The van der Waals surface area contributed by atoms with Crippen LogP contribution in [0.2, 0.25) is 0 Å². The molecule has 2 rings (SSSR count). The highest BCUT2D eigenvalue weighted by atomic mass is 19.1. The van der Waals surface area contributed by atoms with Gasteiger partial charge in [0.05, 0.1) is 0 Å². The minimum atomic E-state index is -0.183. The van der Waals surface area contributed by atoms with Crippen LogP contribution >= 0.6 is 0 Å². The fourth-order valence-corrected chi connectivity index (χ4v) is 2.25.